The number of hydroxylamine groups is 4. The maximum atomic E-state index is 11.2. The molecule has 14 heavy (non-hydrogen) atoms. The first-order valence-corrected chi connectivity index (χ1v) is 5.48. The second-order valence-corrected chi connectivity index (χ2v) is 5.81. The molecule has 0 bridgehead atoms. The Balaban J connectivity index is 3.13. The van der Waals surface area contributed by atoms with Gasteiger partial charge in [0.15, 0.2) is 0 Å². The molecule has 1 rings (SSSR count). The molecule has 1 saturated heterocycles. The van der Waals surface area contributed by atoms with E-state index < -0.39 is 24.2 Å². The van der Waals surface area contributed by atoms with Gasteiger partial charge in [0, 0.05) is 0 Å². The predicted molar refractivity (Wildman–Crippen MR) is 44.4 cm³/mol. The Bertz CT molecular complexity index is 323. The van der Waals surface area contributed by atoms with Crippen molar-refractivity contribution in [2.75, 3.05) is 7.05 Å². The van der Waals surface area contributed by atoms with Crippen LogP contribution in [0.3, 0.4) is 0 Å². The second-order valence-electron chi connectivity index (χ2n) is 2.68. The van der Waals surface area contributed by atoms with Gasteiger partial charge in [0.25, 0.3) is 0 Å². The minimum absolute atomic E-state index is 0.00340. The summed E-state index contributed by atoms with van der Waals surface area (Å²) >= 11 is 0. The fourth-order valence-corrected chi connectivity index (χ4v) is 3.13. The van der Waals surface area contributed by atoms with Gasteiger partial charge in [0.1, 0.15) is 0 Å². The average molecular weight is 222 g/mol. The molecule has 0 aromatic rings. The standard InChI is InChI=1S/C5H7N2O6P/c1-6(12)3(9)14(2-8)4(10)7(13)5(14)11/h2,12-14H,1H3. The Hall–Kier alpha value is -1.37. The molecule has 0 radical (unpaired) electrons. The van der Waals surface area contributed by atoms with Crippen LogP contribution in [0.15, 0.2) is 0 Å². The summed E-state index contributed by atoms with van der Waals surface area (Å²) in [5.41, 5.74) is -3.72. The number of carbonyl (C=O) groups excluding carboxylic acids is 4. The van der Waals surface area contributed by atoms with Crippen molar-refractivity contribution in [2.24, 2.45) is 0 Å². The van der Waals surface area contributed by atoms with Gasteiger partial charge in [-0.25, -0.2) is 0 Å². The number of imide groups is 1. The van der Waals surface area contributed by atoms with Gasteiger partial charge in [0.2, 0.25) is 0 Å². The zero-order valence-electron chi connectivity index (χ0n) is 7.00. The second kappa shape index (κ2) is 3.09. The summed E-state index contributed by atoms with van der Waals surface area (Å²) in [6.45, 7) is 0. The van der Waals surface area contributed by atoms with Crippen LogP contribution in [0.4, 0.5) is 14.4 Å². The summed E-state index contributed by atoms with van der Waals surface area (Å²) in [6, 6.07) is -0.0700. The fraction of sp³-hybridized carbons (Fsp3) is 0.200. The van der Waals surface area contributed by atoms with Crippen LogP contribution in [0.5, 0.6) is 0 Å². The Kier molecular flexibility index (Phi) is 2.36. The van der Waals surface area contributed by atoms with E-state index in [2.05, 4.69) is 0 Å². The van der Waals surface area contributed by atoms with Gasteiger partial charge in [-0.3, -0.25) is 0 Å². The Morgan fingerprint density at radius 3 is 2.21 bits per heavy atom. The minimum atomic E-state index is -4.20. The molecule has 0 aromatic heterocycles. The van der Waals surface area contributed by atoms with Gasteiger partial charge in [0.05, 0.1) is 0 Å². The third-order valence-corrected chi connectivity index (χ3v) is 4.99. The summed E-state index contributed by atoms with van der Waals surface area (Å²) in [5.74, 6) is 0. The number of amides is 3. The molecular weight excluding hydrogens is 215 g/mol. The van der Waals surface area contributed by atoms with Crippen LogP contribution >= 0.6 is 7.26 Å². The van der Waals surface area contributed by atoms with Crippen LogP contribution < -0.4 is 0 Å². The molecule has 0 atom stereocenters. The van der Waals surface area contributed by atoms with Crippen LogP contribution in [0.1, 0.15) is 0 Å². The number of hydrogen-bond acceptors (Lipinski definition) is 6. The van der Waals surface area contributed by atoms with Gasteiger partial charge in [-0.15, -0.1) is 0 Å². The van der Waals surface area contributed by atoms with Gasteiger partial charge < -0.3 is 0 Å². The summed E-state index contributed by atoms with van der Waals surface area (Å²) in [7, 11) is -3.31. The van der Waals surface area contributed by atoms with E-state index >= 15 is 0 Å². The summed E-state index contributed by atoms with van der Waals surface area (Å²) in [4.78, 5) is 43.7. The van der Waals surface area contributed by atoms with E-state index in [0.717, 1.165) is 7.05 Å². The molecule has 8 nitrogen and oxygen atoms in total. The molecule has 0 unspecified atom stereocenters. The third-order valence-electron chi connectivity index (χ3n) is 1.87. The summed E-state index contributed by atoms with van der Waals surface area (Å²) < 4.78 is 0. The fourth-order valence-electron chi connectivity index (χ4n) is 1.05. The van der Waals surface area contributed by atoms with Crippen LogP contribution in [0.2, 0.25) is 0 Å². The van der Waals surface area contributed by atoms with Crippen molar-refractivity contribution >= 4 is 30.2 Å². The van der Waals surface area contributed by atoms with Crippen molar-refractivity contribution in [3.05, 3.63) is 0 Å². The van der Waals surface area contributed by atoms with E-state index in [-0.39, 0.29) is 16.2 Å². The van der Waals surface area contributed by atoms with Crippen LogP contribution in [-0.4, -0.2) is 50.6 Å². The van der Waals surface area contributed by atoms with Gasteiger partial charge in [-0.2, -0.15) is 0 Å². The number of nitrogens with zero attached hydrogens (tertiary/aromatic N) is 2. The molecule has 1 aliphatic rings. The Labute approximate surface area is 77.9 Å². The monoisotopic (exact) mass is 222 g/mol. The Morgan fingerprint density at radius 2 is 1.93 bits per heavy atom. The number of rotatable bonds is 2. The molecule has 0 saturated carbocycles. The van der Waals surface area contributed by atoms with Crippen LogP contribution in [0, 0.1) is 0 Å². The molecule has 1 heterocycles. The molecule has 9 heteroatoms. The van der Waals surface area contributed by atoms with Crippen LogP contribution in [0.25, 0.3) is 0 Å². The van der Waals surface area contributed by atoms with Crippen molar-refractivity contribution in [3.63, 3.8) is 0 Å². The van der Waals surface area contributed by atoms with Gasteiger partial charge in [-0.1, -0.05) is 0 Å². The summed E-state index contributed by atoms with van der Waals surface area (Å²) in [6.07, 6.45) is 0. The third kappa shape index (κ3) is 0.985. The van der Waals surface area contributed by atoms with Gasteiger partial charge >= 0.3 is 77.0 Å². The van der Waals surface area contributed by atoms with Crippen LogP contribution in [-0.2, 0) is 4.79 Å². The van der Waals surface area contributed by atoms with E-state index in [4.69, 9.17) is 10.4 Å². The van der Waals surface area contributed by atoms with E-state index in [1.807, 2.05) is 0 Å². The topological polar surface area (TPSA) is 115 Å². The molecule has 2 N–H and O–H groups in total. The molecular formula is C5H7N2O6P. The molecule has 0 aromatic carbocycles. The molecule has 0 spiro atoms. The Morgan fingerprint density at radius 1 is 1.50 bits per heavy atom. The molecule has 0 aliphatic carbocycles. The van der Waals surface area contributed by atoms with Crippen molar-refractivity contribution in [3.8, 4) is 0 Å². The van der Waals surface area contributed by atoms with Crippen molar-refractivity contribution in [2.45, 2.75) is 0 Å². The van der Waals surface area contributed by atoms with E-state index in [9.17, 15) is 19.2 Å². The first-order chi connectivity index (χ1) is 6.39. The zero-order valence-corrected chi connectivity index (χ0v) is 8.00. The summed E-state index contributed by atoms with van der Waals surface area (Å²) in [5, 5.41) is 17.1. The quantitative estimate of drug-likeness (QED) is 0.300. The number of hydrogen-bond donors (Lipinski definition) is 2. The van der Waals surface area contributed by atoms with E-state index in [1.54, 1.807) is 0 Å². The first-order valence-electron chi connectivity index (χ1n) is 3.40. The van der Waals surface area contributed by atoms with Crippen molar-refractivity contribution in [1.82, 2.24) is 10.1 Å². The maximum absolute atomic E-state index is 11.2. The van der Waals surface area contributed by atoms with Crippen molar-refractivity contribution < 1.29 is 29.6 Å². The van der Waals surface area contributed by atoms with Crippen molar-refractivity contribution in [1.29, 1.82) is 0 Å². The molecule has 3 amide bonds. The zero-order chi connectivity index (χ0) is 11.1. The van der Waals surface area contributed by atoms with E-state index in [1.165, 1.54) is 0 Å². The first kappa shape index (κ1) is 10.7. The normalized spacial score (nSPS) is 21.2. The number of carbonyl (C=O) groups is 4. The molecule has 1 aliphatic heterocycles. The SMILES string of the molecule is CN(O)C(=O)[PH]1(C=O)C(=O)N(O)C1=O. The average Bonchev–Trinajstić information content (AvgIpc) is 2.18. The van der Waals surface area contributed by atoms with Gasteiger partial charge in [-0.05, 0) is 0 Å². The predicted octanol–water partition coefficient (Wildman–Crippen LogP) is 0.312. The molecule has 1 fully saturated rings. The van der Waals surface area contributed by atoms with E-state index in [0.29, 0.717) is 0 Å². The molecule has 78 valence electrons.